The average molecular weight is 297 g/mol. The minimum atomic E-state index is -0.809. The molecule has 0 aromatic heterocycles. The van der Waals surface area contributed by atoms with Crippen LogP contribution in [0.3, 0.4) is 0 Å². The van der Waals surface area contributed by atoms with Crippen LogP contribution >= 0.6 is 0 Å². The predicted octanol–water partition coefficient (Wildman–Crippen LogP) is 3.67. The van der Waals surface area contributed by atoms with Gasteiger partial charge in [0, 0.05) is 18.6 Å². The predicted molar refractivity (Wildman–Crippen MR) is 83.6 cm³/mol. The lowest BCUT2D eigenvalue weighted by atomic mass is 9.52. The van der Waals surface area contributed by atoms with Gasteiger partial charge >= 0.3 is 5.97 Å². The van der Waals surface area contributed by atoms with Crippen LogP contribution in [0.2, 0.25) is 0 Å². The highest BCUT2D eigenvalue weighted by molar-refractivity contribution is 5.87. The van der Waals surface area contributed by atoms with Crippen molar-refractivity contribution in [2.24, 2.45) is 17.8 Å². The van der Waals surface area contributed by atoms with Gasteiger partial charge in [-0.1, -0.05) is 6.07 Å². The Kier molecular flexibility index (Phi) is 2.59. The van der Waals surface area contributed by atoms with Crippen molar-refractivity contribution in [3.05, 3.63) is 34.9 Å². The summed E-state index contributed by atoms with van der Waals surface area (Å²) >= 11 is 0. The molecule has 0 saturated heterocycles. The number of carbonyl (C=O) groups is 1. The second-order valence-corrected chi connectivity index (χ2v) is 8.29. The maximum atomic E-state index is 11.2. The molecule has 1 heterocycles. The summed E-state index contributed by atoms with van der Waals surface area (Å²) in [6.07, 6.45) is 8.59. The van der Waals surface area contributed by atoms with Gasteiger partial charge in [0.25, 0.3) is 0 Å². The normalized spacial score (nSPS) is 39.2. The molecule has 0 spiro atoms. The van der Waals surface area contributed by atoms with E-state index >= 15 is 0 Å². The number of carboxylic acids is 1. The van der Waals surface area contributed by atoms with Crippen molar-refractivity contribution >= 4 is 5.97 Å². The zero-order valence-corrected chi connectivity index (χ0v) is 12.9. The van der Waals surface area contributed by atoms with E-state index in [2.05, 4.69) is 4.90 Å². The second kappa shape index (κ2) is 4.35. The van der Waals surface area contributed by atoms with E-state index in [1.807, 2.05) is 12.1 Å². The maximum absolute atomic E-state index is 11.2. The third kappa shape index (κ3) is 1.81. The molecule has 0 unspecified atom stereocenters. The highest BCUT2D eigenvalue weighted by Crippen LogP contribution is 2.58. The fraction of sp³-hybridized carbons (Fsp3) is 0.632. The van der Waals surface area contributed by atoms with Crippen LogP contribution in [-0.4, -0.2) is 21.5 Å². The number of hydrogen-bond donors (Lipinski definition) is 1. The van der Waals surface area contributed by atoms with Crippen molar-refractivity contribution in [2.45, 2.75) is 57.2 Å². The number of benzene rings is 1. The Bertz CT molecular complexity index is 616. The van der Waals surface area contributed by atoms with Crippen LogP contribution in [0.1, 0.15) is 60.0 Å². The summed E-state index contributed by atoms with van der Waals surface area (Å²) in [5, 5.41) is 9.20. The summed E-state index contributed by atoms with van der Waals surface area (Å²) in [5.41, 5.74) is 3.46. The van der Waals surface area contributed by atoms with Crippen molar-refractivity contribution in [1.29, 1.82) is 0 Å². The van der Waals surface area contributed by atoms with Crippen LogP contribution in [-0.2, 0) is 13.1 Å². The SMILES string of the molecule is O=C(O)c1ccc2c(c1)CN(C13CC4CC(CC(C4)C1)C3)C2. The van der Waals surface area contributed by atoms with Gasteiger partial charge in [-0.05, 0) is 79.5 Å². The number of rotatable bonds is 2. The van der Waals surface area contributed by atoms with Gasteiger partial charge in [-0.25, -0.2) is 4.79 Å². The van der Waals surface area contributed by atoms with E-state index in [0.29, 0.717) is 11.1 Å². The van der Waals surface area contributed by atoms with Crippen molar-refractivity contribution in [1.82, 2.24) is 4.90 Å². The van der Waals surface area contributed by atoms with Crippen LogP contribution in [0, 0.1) is 17.8 Å². The number of aromatic carboxylic acids is 1. The summed E-state index contributed by atoms with van der Waals surface area (Å²) < 4.78 is 0. The first-order chi connectivity index (χ1) is 10.6. The van der Waals surface area contributed by atoms with E-state index < -0.39 is 5.97 Å². The van der Waals surface area contributed by atoms with Gasteiger partial charge in [0.05, 0.1) is 5.56 Å². The Morgan fingerprint density at radius 3 is 2.18 bits per heavy atom. The van der Waals surface area contributed by atoms with Gasteiger partial charge in [-0.15, -0.1) is 0 Å². The first-order valence-electron chi connectivity index (χ1n) is 8.71. The highest BCUT2D eigenvalue weighted by atomic mass is 16.4. The van der Waals surface area contributed by atoms with E-state index in [9.17, 15) is 9.90 Å². The van der Waals surface area contributed by atoms with Crippen molar-refractivity contribution in [3.8, 4) is 0 Å². The monoisotopic (exact) mass is 297 g/mol. The number of nitrogens with zero attached hydrogens (tertiary/aromatic N) is 1. The van der Waals surface area contributed by atoms with Crippen molar-refractivity contribution in [2.75, 3.05) is 0 Å². The molecule has 0 atom stereocenters. The van der Waals surface area contributed by atoms with Crippen LogP contribution in [0.15, 0.2) is 18.2 Å². The summed E-state index contributed by atoms with van der Waals surface area (Å²) in [5.74, 6) is 2.08. The fourth-order valence-electron chi connectivity index (χ4n) is 6.32. The van der Waals surface area contributed by atoms with Crippen LogP contribution in [0.4, 0.5) is 0 Å². The molecular formula is C19H23NO2. The molecule has 4 saturated carbocycles. The van der Waals surface area contributed by atoms with Gasteiger partial charge in [0.2, 0.25) is 0 Å². The molecule has 3 nitrogen and oxygen atoms in total. The molecule has 1 aliphatic heterocycles. The molecule has 5 aliphatic rings. The Morgan fingerprint density at radius 1 is 1.00 bits per heavy atom. The third-order valence-corrected chi connectivity index (χ3v) is 6.85. The fourth-order valence-corrected chi connectivity index (χ4v) is 6.32. The molecule has 1 aromatic carbocycles. The van der Waals surface area contributed by atoms with Gasteiger partial charge < -0.3 is 5.11 Å². The smallest absolute Gasteiger partial charge is 0.335 e. The molecule has 22 heavy (non-hydrogen) atoms. The minimum absolute atomic E-state index is 0.428. The number of carboxylic acid groups (broad SMARTS) is 1. The molecule has 1 N–H and O–H groups in total. The molecule has 1 aromatic rings. The summed E-state index contributed by atoms with van der Waals surface area (Å²) in [7, 11) is 0. The van der Waals surface area contributed by atoms with E-state index in [4.69, 9.17) is 0 Å². The van der Waals surface area contributed by atoms with Crippen molar-refractivity contribution in [3.63, 3.8) is 0 Å². The Hall–Kier alpha value is -1.35. The lowest BCUT2D eigenvalue weighted by molar-refractivity contribution is -0.0915. The van der Waals surface area contributed by atoms with E-state index in [1.165, 1.54) is 49.7 Å². The standard InChI is InChI=1S/C19H23NO2/c21-18(22)15-1-2-16-10-20(11-17(16)6-15)19-7-12-3-13(8-19)5-14(4-12)9-19/h1-2,6,12-14H,3-5,7-11H2,(H,21,22). The van der Waals surface area contributed by atoms with Crippen LogP contribution in [0.5, 0.6) is 0 Å². The summed E-state index contributed by atoms with van der Waals surface area (Å²) in [6.45, 7) is 1.99. The molecule has 0 radical (unpaired) electrons. The number of hydrogen-bond acceptors (Lipinski definition) is 2. The molecule has 6 rings (SSSR count). The van der Waals surface area contributed by atoms with Gasteiger partial charge in [-0.3, -0.25) is 4.90 Å². The van der Waals surface area contributed by atoms with Crippen LogP contribution in [0.25, 0.3) is 0 Å². The minimum Gasteiger partial charge on any atom is -0.478 e. The number of fused-ring (bicyclic) bond motifs is 1. The lowest BCUT2D eigenvalue weighted by Gasteiger charge is -2.60. The van der Waals surface area contributed by atoms with E-state index in [1.54, 1.807) is 6.07 Å². The Balaban J connectivity index is 1.45. The topological polar surface area (TPSA) is 40.5 Å². The second-order valence-electron chi connectivity index (χ2n) is 8.29. The van der Waals surface area contributed by atoms with Gasteiger partial charge in [0.1, 0.15) is 0 Å². The van der Waals surface area contributed by atoms with Gasteiger partial charge in [0.15, 0.2) is 0 Å². The Labute approximate surface area is 131 Å². The summed E-state index contributed by atoms with van der Waals surface area (Å²) in [4.78, 5) is 13.9. The molecule has 4 bridgehead atoms. The lowest BCUT2D eigenvalue weighted by Crippen LogP contribution is -2.58. The molecular weight excluding hydrogens is 274 g/mol. The zero-order chi connectivity index (χ0) is 14.9. The highest BCUT2D eigenvalue weighted by Gasteiger charge is 2.54. The first-order valence-corrected chi connectivity index (χ1v) is 8.71. The largest absolute Gasteiger partial charge is 0.478 e. The molecule has 4 fully saturated rings. The maximum Gasteiger partial charge on any atom is 0.335 e. The van der Waals surface area contributed by atoms with Crippen LogP contribution < -0.4 is 0 Å². The Morgan fingerprint density at radius 2 is 1.59 bits per heavy atom. The summed E-state index contributed by atoms with van der Waals surface area (Å²) in [6, 6.07) is 5.71. The third-order valence-electron chi connectivity index (χ3n) is 6.85. The van der Waals surface area contributed by atoms with Crippen molar-refractivity contribution < 1.29 is 9.90 Å². The molecule has 116 valence electrons. The van der Waals surface area contributed by atoms with Gasteiger partial charge in [-0.2, -0.15) is 0 Å². The van der Waals surface area contributed by atoms with E-state index in [0.717, 1.165) is 30.8 Å². The quantitative estimate of drug-likeness (QED) is 0.905. The molecule has 4 aliphatic carbocycles. The first kappa shape index (κ1) is 13.1. The zero-order valence-electron chi connectivity index (χ0n) is 12.9. The van der Waals surface area contributed by atoms with E-state index in [-0.39, 0.29) is 0 Å². The molecule has 3 heteroatoms. The average Bonchev–Trinajstić information content (AvgIpc) is 2.89. The molecule has 0 amide bonds.